The fraction of sp³-hybridized carbons (Fsp3) is 0.769. The van der Waals surface area contributed by atoms with E-state index in [4.69, 9.17) is 14.2 Å². The maximum Gasteiger partial charge on any atom is 0.166 e. The highest BCUT2D eigenvalue weighted by Gasteiger charge is 2.14. The molecule has 0 amide bonds. The van der Waals surface area contributed by atoms with Crippen LogP contribution in [0.5, 0.6) is 11.5 Å². The topological polar surface area (TPSA) is 27.7 Å². The van der Waals surface area contributed by atoms with Crippen molar-refractivity contribution in [2.45, 2.75) is 111 Å². The van der Waals surface area contributed by atoms with Crippen molar-refractivity contribution in [3.63, 3.8) is 0 Å². The summed E-state index contributed by atoms with van der Waals surface area (Å²) in [6.45, 7) is 11.8. The summed E-state index contributed by atoms with van der Waals surface area (Å²) in [6.07, 6.45) is 14.2. The van der Waals surface area contributed by atoms with Crippen molar-refractivity contribution in [2.75, 3.05) is 19.8 Å². The largest absolute Gasteiger partial charge is 0.490 e. The van der Waals surface area contributed by atoms with E-state index in [1.165, 1.54) is 56.9 Å². The molecule has 1 aromatic carbocycles. The van der Waals surface area contributed by atoms with E-state index in [-0.39, 0.29) is 0 Å². The average Bonchev–Trinajstić information content (AvgIpc) is 2.74. The Bertz CT molecular complexity index is 478. The molecule has 0 saturated carbocycles. The maximum absolute atomic E-state index is 6.27. The maximum atomic E-state index is 6.27. The van der Waals surface area contributed by atoms with Crippen LogP contribution in [-0.2, 0) is 17.8 Å². The zero-order valence-electron chi connectivity index (χ0n) is 19.7. The predicted molar refractivity (Wildman–Crippen MR) is 124 cm³/mol. The van der Waals surface area contributed by atoms with Gasteiger partial charge in [-0.2, -0.15) is 0 Å². The first-order valence-corrected chi connectivity index (χ1v) is 12.3. The number of rotatable bonds is 19. The van der Waals surface area contributed by atoms with Crippen LogP contribution < -0.4 is 9.47 Å². The fourth-order valence-corrected chi connectivity index (χ4v) is 3.36. The van der Waals surface area contributed by atoms with Crippen molar-refractivity contribution in [1.82, 2.24) is 0 Å². The van der Waals surface area contributed by atoms with Crippen LogP contribution in [0.4, 0.5) is 0 Å². The molecular weight excluding hydrogens is 360 g/mol. The highest BCUT2D eigenvalue weighted by atomic mass is 16.5. The van der Waals surface area contributed by atoms with Gasteiger partial charge in [-0.3, -0.25) is 0 Å². The summed E-state index contributed by atoms with van der Waals surface area (Å²) in [5.41, 5.74) is 2.43. The summed E-state index contributed by atoms with van der Waals surface area (Å²) in [5.74, 6) is 1.81. The number of hydrogen-bond acceptors (Lipinski definition) is 3. The number of unbranched alkanes of at least 4 members (excludes halogenated alkanes) is 8. The second kappa shape index (κ2) is 17.6. The van der Waals surface area contributed by atoms with Crippen molar-refractivity contribution in [1.29, 1.82) is 0 Å². The fourth-order valence-electron chi connectivity index (χ4n) is 3.36. The van der Waals surface area contributed by atoms with Crippen LogP contribution in [0.15, 0.2) is 12.1 Å². The van der Waals surface area contributed by atoms with Gasteiger partial charge in [-0.25, -0.2) is 0 Å². The van der Waals surface area contributed by atoms with Gasteiger partial charge in [0.2, 0.25) is 0 Å². The number of ether oxygens (including phenoxy) is 3. The number of hydrogen-bond donors (Lipinski definition) is 0. The molecule has 3 heteroatoms. The first kappa shape index (κ1) is 25.8. The Hall–Kier alpha value is -1.22. The van der Waals surface area contributed by atoms with Crippen molar-refractivity contribution < 1.29 is 14.2 Å². The minimum Gasteiger partial charge on any atom is -0.490 e. The van der Waals surface area contributed by atoms with Gasteiger partial charge in [-0.1, -0.05) is 79.1 Å². The monoisotopic (exact) mass is 406 g/mol. The second-order valence-electron chi connectivity index (χ2n) is 8.01. The molecule has 0 bridgehead atoms. The molecule has 0 aliphatic rings. The second-order valence-corrected chi connectivity index (χ2v) is 8.01. The van der Waals surface area contributed by atoms with E-state index in [0.29, 0.717) is 6.61 Å². The van der Waals surface area contributed by atoms with E-state index in [1.807, 2.05) is 0 Å². The van der Waals surface area contributed by atoms with E-state index in [9.17, 15) is 0 Å². The standard InChI is InChI=1S/C26H46O3/c1-5-9-12-15-18-28-25-21-23(8-4)20-24(22-27-17-14-11-7-3)26(25)29-19-16-13-10-6-2/h20-21H,5-19,22H2,1-4H3. The van der Waals surface area contributed by atoms with Gasteiger partial charge in [0.25, 0.3) is 0 Å². The van der Waals surface area contributed by atoms with Gasteiger partial charge in [-0.15, -0.1) is 0 Å². The number of aryl methyl sites for hydroxylation is 1. The molecule has 0 unspecified atom stereocenters. The Morgan fingerprint density at radius 3 is 1.83 bits per heavy atom. The zero-order chi connectivity index (χ0) is 21.2. The molecule has 0 radical (unpaired) electrons. The van der Waals surface area contributed by atoms with Crippen LogP contribution in [-0.4, -0.2) is 19.8 Å². The molecule has 0 atom stereocenters. The van der Waals surface area contributed by atoms with Gasteiger partial charge < -0.3 is 14.2 Å². The molecule has 0 aromatic heterocycles. The van der Waals surface area contributed by atoms with Crippen LogP contribution in [0, 0.1) is 0 Å². The van der Waals surface area contributed by atoms with E-state index in [2.05, 4.69) is 39.8 Å². The van der Waals surface area contributed by atoms with Crippen molar-refractivity contribution >= 4 is 0 Å². The smallest absolute Gasteiger partial charge is 0.166 e. The molecule has 0 aliphatic heterocycles. The van der Waals surface area contributed by atoms with Crippen LogP contribution in [0.2, 0.25) is 0 Å². The van der Waals surface area contributed by atoms with Crippen LogP contribution in [0.3, 0.4) is 0 Å². The molecular formula is C26H46O3. The first-order valence-electron chi connectivity index (χ1n) is 12.3. The van der Waals surface area contributed by atoms with Gasteiger partial charge in [0.05, 0.1) is 19.8 Å². The molecule has 1 aromatic rings. The number of benzene rings is 1. The predicted octanol–water partition coefficient (Wildman–Crippen LogP) is 7.87. The third kappa shape index (κ3) is 11.5. The lowest BCUT2D eigenvalue weighted by atomic mass is 10.1. The lowest BCUT2D eigenvalue weighted by molar-refractivity contribution is 0.113. The highest BCUT2D eigenvalue weighted by Crippen LogP contribution is 2.34. The Morgan fingerprint density at radius 2 is 1.21 bits per heavy atom. The summed E-state index contributed by atoms with van der Waals surface area (Å²) in [4.78, 5) is 0. The van der Waals surface area contributed by atoms with Crippen LogP contribution in [0.25, 0.3) is 0 Å². The molecule has 3 nitrogen and oxygen atoms in total. The zero-order valence-corrected chi connectivity index (χ0v) is 19.7. The van der Waals surface area contributed by atoms with Crippen molar-refractivity contribution in [3.8, 4) is 11.5 Å². The molecule has 0 N–H and O–H groups in total. The average molecular weight is 407 g/mol. The van der Waals surface area contributed by atoms with Crippen LogP contribution >= 0.6 is 0 Å². The Morgan fingerprint density at radius 1 is 0.621 bits per heavy atom. The van der Waals surface area contributed by atoms with Crippen molar-refractivity contribution in [2.24, 2.45) is 0 Å². The third-order valence-electron chi connectivity index (χ3n) is 5.25. The molecule has 0 saturated heterocycles. The Balaban J connectivity index is 2.81. The van der Waals surface area contributed by atoms with E-state index in [1.54, 1.807) is 0 Å². The minimum absolute atomic E-state index is 0.605. The molecule has 0 spiro atoms. The molecule has 0 aliphatic carbocycles. The van der Waals surface area contributed by atoms with Gasteiger partial charge in [0.15, 0.2) is 11.5 Å². The summed E-state index contributed by atoms with van der Waals surface area (Å²) in [6, 6.07) is 4.41. The summed E-state index contributed by atoms with van der Waals surface area (Å²) < 4.78 is 18.5. The first-order chi connectivity index (χ1) is 14.3. The highest BCUT2D eigenvalue weighted by molar-refractivity contribution is 5.49. The van der Waals surface area contributed by atoms with Gasteiger partial charge in [0.1, 0.15) is 0 Å². The minimum atomic E-state index is 0.605. The normalized spacial score (nSPS) is 11.0. The van der Waals surface area contributed by atoms with E-state index in [0.717, 1.165) is 62.6 Å². The Labute approximate surface area is 180 Å². The quantitative estimate of drug-likeness (QED) is 0.219. The summed E-state index contributed by atoms with van der Waals surface area (Å²) in [5, 5.41) is 0. The van der Waals surface area contributed by atoms with E-state index >= 15 is 0 Å². The lowest BCUT2D eigenvalue weighted by Crippen LogP contribution is -2.07. The van der Waals surface area contributed by atoms with E-state index < -0.39 is 0 Å². The third-order valence-corrected chi connectivity index (χ3v) is 5.25. The Kier molecular flexibility index (Phi) is 15.7. The molecule has 0 heterocycles. The SMILES string of the molecule is CCCCCCOc1cc(CC)cc(COCCCCC)c1OCCCCCC. The van der Waals surface area contributed by atoms with Crippen molar-refractivity contribution in [3.05, 3.63) is 23.3 Å². The van der Waals surface area contributed by atoms with Gasteiger partial charge in [-0.05, 0) is 43.4 Å². The summed E-state index contributed by atoms with van der Waals surface area (Å²) >= 11 is 0. The molecule has 29 heavy (non-hydrogen) atoms. The summed E-state index contributed by atoms with van der Waals surface area (Å²) in [7, 11) is 0. The van der Waals surface area contributed by atoms with Crippen LogP contribution in [0.1, 0.15) is 109 Å². The lowest BCUT2D eigenvalue weighted by Gasteiger charge is -2.18. The van der Waals surface area contributed by atoms with Gasteiger partial charge in [0, 0.05) is 12.2 Å². The molecule has 1 rings (SSSR count). The van der Waals surface area contributed by atoms with Gasteiger partial charge >= 0.3 is 0 Å². The molecule has 0 fully saturated rings. The molecule has 168 valence electrons.